The van der Waals surface area contributed by atoms with Gasteiger partial charge in [0.05, 0.1) is 6.10 Å². The van der Waals surface area contributed by atoms with Crippen molar-refractivity contribution in [1.82, 2.24) is 9.97 Å². The van der Waals surface area contributed by atoms with Gasteiger partial charge in [0.2, 0.25) is 5.88 Å². The van der Waals surface area contributed by atoms with Gasteiger partial charge in [-0.05, 0) is 20.8 Å². The summed E-state index contributed by atoms with van der Waals surface area (Å²) in [6, 6.07) is 0. The summed E-state index contributed by atoms with van der Waals surface area (Å²) in [5.41, 5.74) is 0.735. The smallest absolute Gasteiger partial charge is 0.220 e. The summed E-state index contributed by atoms with van der Waals surface area (Å²) in [5, 5.41) is 0. The molecular formula is C10H14N2O2. The van der Waals surface area contributed by atoms with Gasteiger partial charge in [0.25, 0.3) is 0 Å². The summed E-state index contributed by atoms with van der Waals surface area (Å²) >= 11 is 0. The zero-order valence-corrected chi connectivity index (χ0v) is 8.65. The fourth-order valence-corrected chi connectivity index (χ4v) is 1.03. The molecule has 0 aliphatic heterocycles. The normalized spacial score (nSPS) is 10.3. The molecule has 1 rings (SSSR count). The number of hydrogen-bond donors (Lipinski definition) is 0. The van der Waals surface area contributed by atoms with Crippen LogP contribution in [0.1, 0.15) is 25.2 Å². The molecule has 0 saturated heterocycles. The van der Waals surface area contributed by atoms with Crippen molar-refractivity contribution >= 4 is 6.29 Å². The van der Waals surface area contributed by atoms with E-state index in [-0.39, 0.29) is 6.10 Å². The molecule has 1 aromatic rings. The Hall–Kier alpha value is -1.45. The van der Waals surface area contributed by atoms with Crippen molar-refractivity contribution in [2.75, 3.05) is 0 Å². The van der Waals surface area contributed by atoms with Gasteiger partial charge in [-0.2, -0.15) is 4.98 Å². The summed E-state index contributed by atoms with van der Waals surface area (Å²) in [6.07, 6.45) is 2.80. The van der Waals surface area contributed by atoms with E-state index in [4.69, 9.17) is 4.74 Å². The van der Waals surface area contributed by atoms with E-state index in [2.05, 4.69) is 9.97 Å². The molecule has 0 aromatic carbocycles. The number of aromatic nitrogens is 2. The molecule has 0 aliphatic rings. The number of aryl methyl sites for hydroxylation is 1. The first-order chi connectivity index (χ1) is 6.63. The van der Waals surface area contributed by atoms with E-state index in [0.29, 0.717) is 18.1 Å². The quantitative estimate of drug-likeness (QED) is 0.678. The van der Waals surface area contributed by atoms with Crippen molar-refractivity contribution in [2.24, 2.45) is 0 Å². The van der Waals surface area contributed by atoms with Crippen LogP contribution in [0.25, 0.3) is 0 Å². The van der Waals surface area contributed by atoms with Gasteiger partial charge in [-0.3, -0.25) is 0 Å². The second kappa shape index (κ2) is 4.69. The number of carbonyl (C=O) groups is 1. The number of hydrogen-bond acceptors (Lipinski definition) is 4. The monoisotopic (exact) mass is 194 g/mol. The third-order valence-electron chi connectivity index (χ3n) is 1.60. The van der Waals surface area contributed by atoms with Gasteiger partial charge in [0, 0.05) is 18.2 Å². The van der Waals surface area contributed by atoms with E-state index in [0.717, 1.165) is 11.8 Å². The van der Waals surface area contributed by atoms with Crippen molar-refractivity contribution < 1.29 is 9.53 Å². The molecule has 0 amide bonds. The zero-order valence-electron chi connectivity index (χ0n) is 8.65. The average Bonchev–Trinajstić information content (AvgIpc) is 2.09. The first-order valence-electron chi connectivity index (χ1n) is 4.56. The Bertz CT molecular complexity index is 324. The largest absolute Gasteiger partial charge is 0.475 e. The molecule has 0 bridgehead atoms. The Balaban J connectivity index is 2.96. The van der Waals surface area contributed by atoms with Crippen molar-refractivity contribution in [3.05, 3.63) is 17.6 Å². The van der Waals surface area contributed by atoms with Gasteiger partial charge in [-0.1, -0.05) is 0 Å². The minimum Gasteiger partial charge on any atom is -0.475 e. The number of rotatable bonds is 4. The predicted molar refractivity (Wildman–Crippen MR) is 52.3 cm³/mol. The van der Waals surface area contributed by atoms with E-state index < -0.39 is 0 Å². The van der Waals surface area contributed by atoms with Crippen LogP contribution < -0.4 is 4.74 Å². The molecule has 0 saturated carbocycles. The number of carbonyl (C=O) groups excluding carboxylic acids is 1. The molecule has 1 heterocycles. The van der Waals surface area contributed by atoms with Gasteiger partial charge in [0.15, 0.2) is 0 Å². The molecule has 0 N–H and O–H groups in total. The maximum atomic E-state index is 10.4. The van der Waals surface area contributed by atoms with Crippen LogP contribution in [0.3, 0.4) is 0 Å². The van der Waals surface area contributed by atoms with Crippen LogP contribution in [-0.2, 0) is 11.2 Å². The van der Waals surface area contributed by atoms with Crippen molar-refractivity contribution in [3.8, 4) is 5.88 Å². The predicted octanol–water partition coefficient (Wildman–Crippen LogP) is 1.31. The molecule has 0 atom stereocenters. The van der Waals surface area contributed by atoms with Crippen LogP contribution in [0.2, 0.25) is 0 Å². The van der Waals surface area contributed by atoms with Gasteiger partial charge >= 0.3 is 0 Å². The lowest BCUT2D eigenvalue weighted by Gasteiger charge is -2.11. The van der Waals surface area contributed by atoms with Crippen molar-refractivity contribution in [3.63, 3.8) is 0 Å². The molecule has 0 radical (unpaired) electrons. The third kappa shape index (κ3) is 2.80. The molecule has 0 fully saturated rings. The first-order valence-corrected chi connectivity index (χ1v) is 4.56. The molecule has 0 spiro atoms. The molecule has 4 nitrogen and oxygen atoms in total. The lowest BCUT2D eigenvalue weighted by atomic mass is 10.2. The van der Waals surface area contributed by atoms with E-state index in [9.17, 15) is 4.79 Å². The second-order valence-electron chi connectivity index (χ2n) is 3.29. The van der Waals surface area contributed by atoms with Gasteiger partial charge in [-0.15, -0.1) is 0 Å². The molecule has 0 aliphatic carbocycles. The first kappa shape index (κ1) is 10.6. The van der Waals surface area contributed by atoms with Gasteiger partial charge < -0.3 is 9.53 Å². The van der Waals surface area contributed by atoms with Crippen LogP contribution in [0.15, 0.2) is 6.20 Å². The number of aldehydes is 1. The summed E-state index contributed by atoms with van der Waals surface area (Å²) in [6.45, 7) is 5.63. The topological polar surface area (TPSA) is 52.1 Å². The number of nitrogens with zero attached hydrogens (tertiary/aromatic N) is 2. The Kier molecular flexibility index (Phi) is 3.56. The van der Waals surface area contributed by atoms with Crippen molar-refractivity contribution in [2.45, 2.75) is 33.3 Å². The fraction of sp³-hybridized carbons (Fsp3) is 0.500. The van der Waals surface area contributed by atoms with Crippen LogP contribution in [0.4, 0.5) is 0 Å². The zero-order chi connectivity index (χ0) is 10.6. The standard InChI is InChI=1S/C10H14N2O2/c1-7(2)14-10-9(4-5-13)6-11-8(3)12-10/h5-7H,4H2,1-3H3. The minimum atomic E-state index is 0.0507. The summed E-state index contributed by atoms with van der Waals surface area (Å²) in [5.74, 6) is 1.16. The fourth-order valence-electron chi connectivity index (χ4n) is 1.03. The average molecular weight is 194 g/mol. The summed E-state index contributed by atoms with van der Waals surface area (Å²) < 4.78 is 5.47. The van der Waals surface area contributed by atoms with E-state index >= 15 is 0 Å². The van der Waals surface area contributed by atoms with E-state index in [1.807, 2.05) is 13.8 Å². The highest BCUT2D eigenvalue weighted by molar-refractivity contribution is 5.56. The molecule has 0 unspecified atom stereocenters. The van der Waals surface area contributed by atoms with Crippen LogP contribution in [0.5, 0.6) is 5.88 Å². The molecular weight excluding hydrogens is 180 g/mol. The molecule has 4 heteroatoms. The summed E-state index contributed by atoms with van der Waals surface area (Å²) in [7, 11) is 0. The molecule has 76 valence electrons. The highest BCUT2D eigenvalue weighted by atomic mass is 16.5. The Labute approximate surface area is 83.3 Å². The van der Waals surface area contributed by atoms with Gasteiger partial charge in [0.1, 0.15) is 12.1 Å². The molecule has 1 aromatic heterocycles. The van der Waals surface area contributed by atoms with Crippen LogP contribution >= 0.6 is 0 Å². The summed E-state index contributed by atoms with van der Waals surface area (Å²) in [4.78, 5) is 18.5. The lowest BCUT2D eigenvalue weighted by molar-refractivity contribution is -0.107. The van der Waals surface area contributed by atoms with Crippen molar-refractivity contribution in [1.29, 1.82) is 0 Å². The number of ether oxygens (including phenoxy) is 1. The Morgan fingerprint density at radius 2 is 2.29 bits per heavy atom. The second-order valence-corrected chi connectivity index (χ2v) is 3.29. The Morgan fingerprint density at radius 1 is 1.57 bits per heavy atom. The minimum absolute atomic E-state index is 0.0507. The van der Waals surface area contributed by atoms with E-state index in [1.54, 1.807) is 13.1 Å². The maximum absolute atomic E-state index is 10.4. The van der Waals surface area contributed by atoms with Gasteiger partial charge in [-0.25, -0.2) is 4.98 Å². The highest BCUT2D eigenvalue weighted by Crippen LogP contribution is 2.15. The highest BCUT2D eigenvalue weighted by Gasteiger charge is 2.07. The van der Waals surface area contributed by atoms with E-state index in [1.165, 1.54) is 0 Å². The molecule has 14 heavy (non-hydrogen) atoms. The Morgan fingerprint density at radius 3 is 2.86 bits per heavy atom. The third-order valence-corrected chi connectivity index (χ3v) is 1.60. The van der Waals surface area contributed by atoms with Crippen LogP contribution in [-0.4, -0.2) is 22.4 Å². The lowest BCUT2D eigenvalue weighted by Crippen LogP contribution is -2.10. The van der Waals surface area contributed by atoms with Crippen LogP contribution in [0, 0.1) is 6.92 Å². The SMILES string of the molecule is Cc1ncc(CC=O)c(OC(C)C)n1. The maximum Gasteiger partial charge on any atom is 0.220 e.